The number of unbranched alkanes of at least 4 members (excludes halogenated alkanes) is 1. The van der Waals surface area contributed by atoms with Crippen LogP contribution in [0.15, 0.2) is 42.5 Å². The smallest absolute Gasteiger partial charge is 0.332 e. The second kappa shape index (κ2) is 8.54. The van der Waals surface area contributed by atoms with E-state index in [1.165, 1.54) is 17.7 Å². The lowest BCUT2D eigenvalue weighted by Gasteiger charge is -2.16. The number of nitrogens with one attached hydrogen (secondary N) is 2. The third-order valence-electron chi connectivity index (χ3n) is 3.57. The predicted octanol–water partition coefficient (Wildman–Crippen LogP) is 6.51. The number of benzene rings is 2. The lowest BCUT2D eigenvalue weighted by Crippen LogP contribution is -2.21. The normalized spacial score (nSPS) is 11.2. The van der Waals surface area contributed by atoms with Crippen molar-refractivity contribution in [2.45, 2.75) is 32.4 Å². The van der Waals surface area contributed by atoms with Crippen LogP contribution >= 0.6 is 23.8 Å². The molecule has 2 rings (SSSR count). The quantitative estimate of drug-likeness (QED) is 0.573. The summed E-state index contributed by atoms with van der Waals surface area (Å²) in [5.41, 5.74) is 0.914. The van der Waals surface area contributed by atoms with E-state index in [4.69, 9.17) is 23.8 Å². The number of hydrogen-bond donors (Lipinski definition) is 2. The molecule has 2 aromatic carbocycles. The Morgan fingerprint density at radius 3 is 2.36 bits per heavy atom. The molecule has 0 aliphatic heterocycles. The highest BCUT2D eigenvalue weighted by atomic mass is 35.5. The highest BCUT2D eigenvalue weighted by molar-refractivity contribution is 7.80. The molecule has 2 aromatic rings. The van der Waals surface area contributed by atoms with Gasteiger partial charge in [0.2, 0.25) is 0 Å². The number of hydrogen-bond acceptors (Lipinski definition) is 1. The minimum Gasteiger partial charge on any atom is -0.332 e. The van der Waals surface area contributed by atoms with Crippen LogP contribution in [0.5, 0.6) is 0 Å². The van der Waals surface area contributed by atoms with Crippen molar-refractivity contribution in [3.05, 3.63) is 58.6 Å². The van der Waals surface area contributed by atoms with Gasteiger partial charge in [0.1, 0.15) is 0 Å². The summed E-state index contributed by atoms with van der Waals surface area (Å²) in [6.07, 6.45) is -1.29. The number of thiocarbonyl (C=S) groups is 1. The largest absolute Gasteiger partial charge is 0.418 e. The number of aryl methyl sites for hydroxylation is 1. The summed E-state index contributed by atoms with van der Waals surface area (Å²) in [7, 11) is 0. The molecule has 0 fully saturated rings. The van der Waals surface area contributed by atoms with Crippen LogP contribution in [0.3, 0.4) is 0 Å². The molecule has 2 N–H and O–H groups in total. The Hall–Kier alpha value is -1.79. The fourth-order valence-electron chi connectivity index (χ4n) is 2.28. The first-order chi connectivity index (χ1) is 11.8. The van der Waals surface area contributed by atoms with Crippen molar-refractivity contribution in [1.82, 2.24) is 0 Å². The van der Waals surface area contributed by atoms with Gasteiger partial charge in [-0.25, -0.2) is 0 Å². The van der Waals surface area contributed by atoms with E-state index in [2.05, 4.69) is 17.6 Å². The third kappa shape index (κ3) is 5.90. The maximum absolute atomic E-state index is 13.1. The van der Waals surface area contributed by atoms with E-state index in [0.717, 1.165) is 25.3 Å². The summed E-state index contributed by atoms with van der Waals surface area (Å²) in [4.78, 5) is 0. The molecular weight excluding hydrogens is 369 g/mol. The third-order valence-corrected chi connectivity index (χ3v) is 4.01. The second-order valence-electron chi connectivity index (χ2n) is 5.57. The van der Waals surface area contributed by atoms with E-state index >= 15 is 0 Å². The van der Waals surface area contributed by atoms with Crippen LogP contribution in [0.4, 0.5) is 24.5 Å². The van der Waals surface area contributed by atoms with Gasteiger partial charge in [-0.2, -0.15) is 13.2 Å². The molecule has 0 saturated heterocycles. The molecule has 0 spiro atoms. The number of halogens is 4. The summed E-state index contributed by atoms with van der Waals surface area (Å²) in [6.45, 7) is 2.13. The van der Waals surface area contributed by atoms with Gasteiger partial charge in [0.15, 0.2) is 5.11 Å². The van der Waals surface area contributed by atoms with E-state index in [-0.39, 0.29) is 15.8 Å². The van der Waals surface area contributed by atoms with Crippen LogP contribution in [0.25, 0.3) is 0 Å². The number of anilines is 2. The Morgan fingerprint density at radius 2 is 1.76 bits per heavy atom. The molecule has 7 heteroatoms. The highest BCUT2D eigenvalue weighted by Gasteiger charge is 2.34. The molecule has 0 saturated carbocycles. The number of alkyl halides is 3. The molecule has 0 heterocycles. The molecule has 0 radical (unpaired) electrons. The Balaban J connectivity index is 2.05. The lowest BCUT2D eigenvalue weighted by molar-refractivity contribution is -0.136. The van der Waals surface area contributed by atoms with Crippen molar-refractivity contribution >= 4 is 40.3 Å². The van der Waals surface area contributed by atoms with Crippen LogP contribution < -0.4 is 10.6 Å². The zero-order chi connectivity index (χ0) is 18.4. The van der Waals surface area contributed by atoms with Gasteiger partial charge in [0, 0.05) is 10.7 Å². The van der Waals surface area contributed by atoms with Crippen molar-refractivity contribution in [3.63, 3.8) is 0 Å². The molecule has 0 aromatic heterocycles. The molecule has 0 unspecified atom stereocenters. The zero-order valence-corrected chi connectivity index (χ0v) is 15.2. The van der Waals surface area contributed by atoms with E-state index in [1.807, 2.05) is 24.3 Å². The molecule has 0 aliphatic carbocycles. The Kier molecular flexibility index (Phi) is 6.67. The van der Waals surface area contributed by atoms with E-state index in [9.17, 15) is 13.2 Å². The summed E-state index contributed by atoms with van der Waals surface area (Å²) >= 11 is 10.8. The second-order valence-corrected chi connectivity index (χ2v) is 6.41. The average Bonchev–Trinajstić information content (AvgIpc) is 2.55. The SMILES string of the molecule is CCCCc1ccc(NC(=S)Nc2ccc(Cl)cc2C(F)(F)F)cc1. The molecule has 25 heavy (non-hydrogen) atoms. The zero-order valence-electron chi connectivity index (χ0n) is 13.6. The summed E-state index contributed by atoms with van der Waals surface area (Å²) in [5.74, 6) is 0. The van der Waals surface area contributed by atoms with Crippen molar-refractivity contribution in [3.8, 4) is 0 Å². The summed E-state index contributed by atoms with van der Waals surface area (Å²) < 4.78 is 39.3. The minimum absolute atomic E-state index is 0.0134. The fraction of sp³-hybridized carbons (Fsp3) is 0.278. The van der Waals surface area contributed by atoms with Crippen molar-refractivity contribution in [2.75, 3.05) is 10.6 Å². The lowest BCUT2D eigenvalue weighted by atomic mass is 10.1. The summed E-state index contributed by atoms with van der Waals surface area (Å²) in [6, 6.07) is 11.2. The average molecular weight is 387 g/mol. The fourth-order valence-corrected chi connectivity index (χ4v) is 2.68. The number of rotatable bonds is 5. The molecule has 2 nitrogen and oxygen atoms in total. The van der Waals surface area contributed by atoms with Gasteiger partial charge in [-0.05, 0) is 61.0 Å². The van der Waals surface area contributed by atoms with Gasteiger partial charge in [0.25, 0.3) is 0 Å². The van der Waals surface area contributed by atoms with Gasteiger partial charge in [-0.3, -0.25) is 0 Å². The summed E-state index contributed by atoms with van der Waals surface area (Å²) in [5, 5.41) is 5.56. The van der Waals surface area contributed by atoms with Gasteiger partial charge in [0.05, 0.1) is 11.3 Å². The monoisotopic (exact) mass is 386 g/mol. The highest BCUT2D eigenvalue weighted by Crippen LogP contribution is 2.36. The van der Waals surface area contributed by atoms with Crippen LogP contribution in [-0.2, 0) is 12.6 Å². The van der Waals surface area contributed by atoms with Gasteiger partial charge < -0.3 is 10.6 Å². The van der Waals surface area contributed by atoms with E-state index in [0.29, 0.717) is 5.69 Å². The van der Waals surface area contributed by atoms with Crippen molar-refractivity contribution in [2.24, 2.45) is 0 Å². The van der Waals surface area contributed by atoms with Crippen molar-refractivity contribution < 1.29 is 13.2 Å². The van der Waals surface area contributed by atoms with Gasteiger partial charge in [-0.1, -0.05) is 37.1 Å². The van der Waals surface area contributed by atoms with Crippen molar-refractivity contribution in [1.29, 1.82) is 0 Å². The first-order valence-electron chi connectivity index (χ1n) is 7.83. The topological polar surface area (TPSA) is 24.1 Å². The standard InChI is InChI=1S/C18H18ClF3N2S/c1-2-3-4-12-5-8-14(9-6-12)23-17(25)24-16-10-7-13(19)11-15(16)18(20,21)22/h5-11H,2-4H2,1H3,(H2,23,24,25). The molecule has 0 amide bonds. The molecule has 0 aliphatic rings. The minimum atomic E-state index is -4.52. The maximum atomic E-state index is 13.1. The molecule has 0 bridgehead atoms. The Labute approximate surface area is 155 Å². The Morgan fingerprint density at radius 1 is 1.08 bits per heavy atom. The van der Waals surface area contributed by atoms with Crippen LogP contribution in [0.2, 0.25) is 5.02 Å². The predicted molar refractivity (Wildman–Crippen MR) is 101 cm³/mol. The molecule has 134 valence electrons. The Bertz CT molecular complexity index is 730. The van der Waals surface area contributed by atoms with E-state index in [1.54, 1.807) is 0 Å². The first-order valence-corrected chi connectivity index (χ1v) is 8.62. The van der Waals surface area contributed by atoms with Crippen LogP contribution in [0.1, 0.15) is 30.9 Å². The van der Waals surface area contributed by atoms with Crippen LogP contribution in [-0.4, -0.2) is 5.11 Å². The van der Waals surface area contributed by atoms with Gasteiger partial charge in [-0.15, -0.1) is 0 Å². The van der Waals surface area contributed by atoms with Gasteiger partial charge >= 0.3 is 6.18 Å². The molecule has 0 atom stereocenters. The molecular formula is C18H18ClF3N2S. The van der Waals surface area contributed by atoms with E-state index < -0.39 is 11.7 Å². The van der Waals surface area contributed by atoms with Crippen LogP contribution in [0, 0.1) is 0 Å². The maximum Gasteiger partial charge on any atom is 0.418 e. The first kappa shape index (κ1) is 19.5.